The lowest BCUT2D eigenvalue weighted by Crippen LogP contribution is -2.33. The van der Waals surface area contributed by atoms with Crippen LogP contribution in [0.5, 0.6) is 0 Å². The van der Waals surface area contributed by atoms with Crippen molar-refractivity contribution in [2.24, 2.45) is 17.3 Å². The molecular weight excluding hydrogens is 288 g/mol. The first-order chi connectivity index (χ1) is 10.8. The van der Waals surface area contributed by atoms with Crippen LogP contribution in [-0.4, -0.2) is 48.8 Å². The SMILES string of the molecule is CN(C)CCCN1C(=O)[C@H]2CC3=C(C[C@H]2C1=O)C(C)(C)CCC3. The minimum atomic E-state index is -0.0852. The maximum absolute atomic E-state index is 12.8. The summed E-state index contributed by atoms with van der Waals surface area (Å²) in [5.74, 6) is 0.0212. The summed E-state index contributed by atoms with van der Waals surface area (Å²) in [6, 6.07) is 0. The van der Waals surface area contributed by atoms with E-state index in [1.807, 2.05) is 14.1 Å². The topological polar surface area (TPSA) is 40.6 Å². The molecule has 0 saturated carbocycles. The Bertz CT molecular complexity index is 548. The monoisotopic (exact) mass is 318 g/mol. The molecule has 0 aromatic heterocycles. The molecule has 1 heterocycles. The Kier molecular flexibility index (Phi) is 4.39. The zero-order valence-corrected chi connectivity index (χ0v) is 15.0. The van der Waals surface area contributed by atoms with Gasteiger partial charge < -0.3 is 4.90 Å². The molecule has 128 valence electrons. The number of carbonyl (C=O) groups is 2. The van der Waals surface area contributed by atoms with Crippen LogP contribution >= 0.6 is 0 Å². The van der Waals surface area contributed by atoms with E-state index >= 15 is 0 Å². The Morgan fingerprint density at radius 1 is 1.13 bits per heavy atom. The molecule has 2 atom stereocenters. The van der Waals surface area contributed by atoms with Crippen LogP contribution in [0.2, 0.25) is 0 Å². The standard InChI is InChI=1S/C19H30N2O2/c1-19(2)8-5-7-13-11-14-15(12-16(13)19)18(23)21(17(14)22)10-6-9-20(3)4/h14-15H,5-12H2,1-4H3/t14-,15+/m0/s1. The molecule has 2 aliphatic carbocycles. The molecule has 3 rings (SSSR count). The number of nitrogens with zero attached hydrogens (tertiary/aromatic N) is 2. The molecule has 4 nitrogen and oxygen atoms in total. The number of amides is 2. The van der Waals surface area contributed by atoms with Crippen molar-refractivity contribution in [1.82, 2.24) is 9.80 Å². The first-order valence-electron chi connectivity index (χ1n) is 9.02. The van der Waals surface area contributed by atoms with Crippen LogP contribution in [0.1, 0.15) is 52.4 Å². The molecule has 2 amide bonds. The van der Waals surface area contributed by atoms with Gasteiger partial charge in [0.05, 0.1) is 11.8 Å². The zero-order chi connectivity index (χ0) is 16.8. The smallest absolute Gasteiger partial charge is 0.233 e. The van der Waals surface area contributed by atoms with E-state index in [1.54, 1.807) is 4.90 Å². The minimum Gasteiger partial charge on any atom is -0.309 e. The molecule has 0 aromatic rings. The Balaban J connectivity index is 1.75. The predicted octanol–water partition coefficient (Wildman–Crippen LogP) is 2.84. The molecule has 0 spiro atoms. The minimum absolute atomic E-state index is 0.0745. The van der Waals surface area contributed by atoms with Gasteiger partial charge in [-0.25, -0.2) is 0 Å². The number of fused-ring (bicyclic) bond motifs is 1. The van der Waals surface area contributed by atoms with Crippen molar-refractivity contribution < 1.29 is 9.59 Å². The lowest BCUT2D eigenvalue weighted by molar-refractivity contribution is -0.140. The number of rotatable bonds is 4. The van der Waals surface area contributed by atoms with Gasteiger partial charge in [-0.15, -0.1) is 0 Å². The Hall–Kier alpha value is -1.16. The van der Waals surface area contributed by atoms with Gasteiger partial charge in [0.15, 0.2) is 0 Å². The molecule has 3 aliphatic rings. The highest BCUT2D eigenvalue weighted by Crippen LogP contribution is 2.51. The third kappa shape index (κ3) is 2.98. The van der Waals surface area contributed by atoms with E-state index in [1.165, 1.54) is 24.0 Å². The summed E-state index contributed by atoms with van der Waals surface area (Å²) < 4.78 is 0. The molecule has 1 saturated heterocycles. The summed E-state index contributed by atoms with van der Waals surface area (Å²) in [6.45, 7) is 6.10. The highest BCUT2D eigenvalue weighted by molar-refractivity contribution is 6.05. The van der Waals surface area contributed by atoms with Gasteiger partial charge in [0.25, 0.3) is 0 Å². The molecule has 0 aromatic carbocycles. The van der Waals surface area contributed by atoms with Gasteiger partial charge in [-0.2, -0.15) is 0 Å². The van der Waals surface area contributed by atoms with Crippen LogP contribution in [0.3, 0.4) is 0 Å². The molecule has 0 bridgehead atoms. The van der Waals surface area contributed by atoms with Crippen molar-refractivity contribution in [2.75, 3.05) is 27.2 Å². The van der Waals surface area contributed by atoms with E-state index in [9.17, 15) is 9.59 Å². The van der Waals surface area contributed by atoms with Crippen LogP contribution in [0, 0.1) is 17.3 Å². The average molecular weight is 318 g/mol. The van der Waals surface area contributed by atoms with Crippen LogP contribution in [0.25, 0.3) is 0 Å². The fourth-order valence-corrected chi connectivity index (χ4v) is 4.73. The van der Waals surface area contributed by atoms with Crippen molar-refractivity contribution in [3.63, 3.8) is 0 Å². The number of likely N-dealkylation sites (tertiary alicyclic amines) is 1. The summed E-state index contributed by atoms with van der Waals surface area (Å²) in [7, 11) is 4.04. The molecule has 0 radical (unpaired) electrons. The molecule has 4 heteroatoms. The molecular formula is C19H30N2O2. The molecule has 1 aliphatic heterocycles. The Labute approximate surface area is 139 Å². The average Bonchev–Trinajstić information content (AvgIpc) is 2.70. The maximum atomic E-state index is 12.8. The summed E-state index contributed by atoms with van der Waals surface area (Å²) in [6.07, 6.45) is 6.07. The zero-order valence-electron chi connectivity index (χ0n) is 15.0. The van der Waals surface area contributed by atoms with Crippen LogP contribution in [-0.2, 0) is 9.59 Å². The normalized spacial score (nSPS) is 30.0. The largest absolute Gasteiger partial charge is 0.309 e. The van der Waals surface area contributed by atoms with Gasteiger partial charge in [-0.1, -0.05) is 25.0 Å². The lowest BCUT2D eigenvalue weighted by atomic mass is 9.63. The Morgan fingerprint density at radius 3 is 2.43 bits per heavy atom. The van der Waals surface area contributed by atoms with E-state index in [2.05, 4.69) is 18.7 Å². The predicted molar refractivity (Wildman–Crippen MR) is 90.8 cm³/mol. The highest BCUT2D eigenvalue weighted by atomic mass is 16.2. The maximum Gasteiger partial charge on any atom is 0.233 e. The van der Waals surface area contributed by atoms with Crippen molar-refractivity contribution in [3.05, 3.63) is 11.1 Å². The summed E-state index contributed by atoms with van der Waals surface area (Å²) in [4.78, 5) is 29.2. The van der Waals surface area contributed by atoms with Gasteiger partial charge >= 0.3 is 0 Å². The van der Waals surface area contributed by atoms with Crippen molar-refractivity contribution in [2.45, 2.75) is 52.4 Å². The second-order valence-corrected chi connectivity index (χ2v) is 8.43. The van der Waals surface area contributed by atoms with E-state index in [4.69, 9.17) is 0 Å². The molecule has 23 heavy (non-hydrogen) atoms. The summed E-state index contributed by atoms with van der Waals surface area (Å²) in [5.41, 5.74) is 3.18. The first kappa shape index (κ1) is 16.7. The van der Waals surface area contributed by atoms with Gasteiger partial charge in [-0.3, -0.25) is 14.5 Å². The summed E-state index contributed by atoms with van der Waals surface area (Å²) in [5, 5.41) is 0. The molecule has 0 unspecified atom stereocenters. The van der Waals surface area contributed by atoms with Crippen LogP contribution in [0.15, 0.2) is 11.1 Å². The number of carbonyl (C=O) groups excluding carboxylic acids is 2. The van der Waals surface area contributed by atoms with E-state index < -0.39 is 0 Å². The van der Waals surface area contributed by atoms with Gasteiger partial charge in [0.2, 0.25) is 11.8 Å². The summed E-state index contributed by atoms with van der Waals surface area (Å²) >= 11 is 0. The van der Waals surface area contributed by atoms with Gasteiger partial charge in [0.1, 0.15) is 0 Å². The van der Waals surface area contributed by atoms with Crippen molar-refractivity contribution >= 4 is 11.8 Å². The number of allylic oxidation sites excluding steroid dienone is 2. The third-order valence-electron chi connectivity index (χ3n) is 6.05. The van der Waals surface area contributed by atoms with E-state index in [0.717, 1.165) is 32.2 Å². The highest BCUT2D eigenvalue weighted by Gasteiger charge is 2.51. The second-order valence-electron chi connectivity index (χ2n) is 8.43. The fraction of sp³-hybridized carbons (Fsp3) is 0.789. The van der Waals surface area contributed by atoms with Crippen LogP contribution in [0.4, 0.5) is 0 Å². The Morgan fingerprint density at radius 2 is 1.78 bits per heavy atom. The number of imide groups is 1. The van der Waals surface area contributed by atoms with Crippen molar-refractivity contribution in [1.29, 1.82) is 0 Å². The van der Waals surface area contributed by atoms with Gasteiger partial charge in [0, 0.05) is 6.54 Å². The first-order valence-corrected chi connectivity index (χ1v) is 9.02. The fourth-order valence-electron chi connectivity index (χ4n) is 4.73. The van der Waals surface area contributed by atoms with Crippen LogP contribution < -0.4 is 0 Å². The number of hydrogen-bond acceptors (Lipinski definition) is 3. The van der Waals surface area contributed by atoms with Crippen molar-refractivity contribution in [3.8, 4) is 0 Å². The number of hydrogen-bond donors (Lipinski definition) is 0. The molecule has 1 fully saturated rings. The van der Waals surface area contributed by atoms with Gasteiger partial charge in [-0.05, 0) is 64.6 Å². The second kappa shape index (κ2) is 6.04. The molecule has 0 N–H and O–H groups in total. The lowest BCUT2D eigenvalue weighted by Gasteiger charge is -2.40. The van der Waals surface area contributed by atoms with E-state index in [0.29, 0.717) is 6.54 Å². The third-order valence-corrected chi connectivity index (χ3v) is 6.05. The van der Waals surface area contributed by atoms with E-state index in [-0.39, 0.29) is 29.1 Å². The quantitative estimate of drug-likeness (QED) is 0.591.